The van der Waals surface area contributed by atoms with Crippen LogP contribution in [0.3, 0.4) is 0 Å². The Kier molecular flexibility index (Phi) is 4.11. The number of nitrogens with one attached hydrogen (secondary N) is 1. The number of hydrogen-bond donors (Lipinski definition) is 1. The van der Waals surface area contributed by atoms with Gasteiger partial charge in [0.25, 0.3) is 0 Å². The fourth-order valence-electron chi connectivity index (χ4n) is 1.32. The molecule has 1 aromatic carbocycles. The van der Waals surface area contributed by atoms with Gasteiger partial charge in [-0.3, -0.25) is 4.79 Å². The molecule has 0 saturated carbocycles. The lowest BCUT2D eigenvalue weighted by Crippen LogP contribution is -2.28. The molecule has 0 atom stereocenters. The molecule has 0 fully saturated rings. The molecular weight excluding hydrogens is 233 g/mol. The molecule has 0 unspecified atom stereocenters. The zero-order valence-electron chi connectivity index (χ0n) is 9.51. The number of amides is 1. The van der Waals surface area contributed by atoms with Crippen LogP contribution in [-0.4, -0.2) is 31.4 Å². The first-order valence-corrected chi connectivity index (χ1v) is 4.91. The number of rotatable bonds is 3. The highest BCUT2D eigenvalue weighted by molar-refractivity contribution is 5.93. The van der Waals surface area contributed by atoms with E-state index in [9.17, 15) is 18.0 Å². The number of carbonyl (C=O) groups excluding carboxylic acids is 1. The summed E-state index contributed by atoms with van der Waals surface area (Å²) in [6, 6.07) is 4.90. The number of hydrogen-bond acceptors (Lipinski definition) is 2. The van der Waals surface area contributed by atoms with Gasteiger partial charge in [-0.1, -0.05) is 12.1 Å². The van der Waals surface area contributed by atoms with Crippen LogP contribution in [0.5, 0.6) is 0 Å². The van der Waals surface area contributed by atoms with Crippen LogP contribution in [0.2, 0.25) is 0 Å². The maximum absolute atomic E-state index is 12.6. The SMILES string of the molecule is CN(C)CC(=O)Nc1ccccc1C(F)(F)F. The molecule has 0 saturated heterocycles. The van der Waals surface area contributed by atoms with Crippen LogP contribution in [0.15, 0.2) is 24.3 Å². The Morgan fingerprint density at radius 2 is 1.88 bits per heavy atom. The summed E-state index contributed by atoms with van der Waals surface area (Å²) in [6.07, 6.45) is -4.47. The quantitative estimate of drug-likeness (QED) is 0.886. The van der Waals surface area contributed by atoms with E-state index in [2.05, 4.69) is 5.32 Å². The van der Waals surface area contributed by atoms with Crippen molar-refractivity contribution >= 4 is 11.6 Å². The molecule has 0 aliphatic rings. The normalized spacial score (nSPS) is 11.6. The number of alkyl halides is 3. The number of benzene rings is 1. The molecular formula is C11H13F3N2O. The maximum Gasteiger partial charge on any atom is 0.418 e. The number of para-hydroxylation sites is 1. The standard InChI is InChI=1S/C11H13F3N2O/c1-16(2)7-10(17)15-9-6-4-3-5-8(9)11(12,13)14/h3-6H,7H2,1-2H3,(H,15,17). The van der Waals surface area contributed by atoms with Gasteiger partial charge in [-0.25, -0.2) is 0 Å². The molecule has 94 valence electrons. The van der Waals surface area contributed by atoms with E-state index in [1.807, 2.05) is 0 Å². The molecule has 0 aliphatic heterocycles. The van der Waals surface area contributed by atoms with E-state index in [0.29, 0.717) is 0 Å². The van der Waals surface area contributed by atoms with Crippen molar-refractivity contribution in [2.45, 2.75) is 6.18 Å². The molecule has 0 spiro atoms. The minimum Gasteiger partial charge on any atom is -0.324 e. The Bertz CT molecular complexity index is 402. The average molecular weight is 246 g/mol. The van der Waals surface area contributed by atoms with Crippen molar-refractivity contribution in [3.05, 3.63) is 29.8 Å². The van der Waals surface area contributed by atoms with E-state index in [1.165, 1.54) is 18.2 Å². The minimum atomic E-state index is -4.47. The maximum atomic E-state index is 12.6. The number of likely N-dealkylation sites (N-methyl/N-ethyl adjacent to an activating group) is 1. The van der Waals surface area contributed by atoms with Crippen LogP contribution in [0.4, 0.5) is 18.9 Å². The van der Waals surface area contributed by atoms with Gasteiger partial charge in [-0.15, -0.1) is 0 Å². The molecule has 6 heteroatoms. The fraction of sp³-hybridized carbons (Fsp3) is 0.364. The van der Waals surface area contributed by atoms with Crippen LogP contribution in [0, 0.1) is 0 Å². The summed E-state index contributed by atoms with van der Waals surface area (Å²) in [4.78, 5) is 13.0. The molecule has 1 rings (SSSR count). The van der Waals surface area contributed by atoms with Crippen molar-refractivity contribution in [1.82, 2.24) is 4.90 Å². The van der Waals surface area contributed by atoms with Gasteiger partial charge in [0.2, 0.25) is 5.91 Å². The van der Waals surface area contributed by atoms with Gasteiger partial charge in [0, 0.05) is 0 Å². The first-order chi connectivity index (χ1) is 7.80. The second-order valence-corrected chi connectivity index (χ2v) is 3.83. The zero-order valence-corrected chi connectivity index (χ0v) is 9.51. The van der Waals surface area contributed by atoms with E-state index >= 15 is 0 Å². The molecule has 0 bridgehead atoms. The molecule has 0 heterocycles. The van der Waals surface area contributed by atoms with Gasteiger partial charge in [-0.05, 0) is 26.2 Å². The molecule has 17 heavy (non-hydrogen) atoms. The summed E-state index contributed by atoms with van der Waals surface area (Å²) < 4.78 is 37.8. The van der Waals surface area contributed by atoms with Gasteiger partial charge >= 0.3 is 6.18 Å². The largest absolute Gasteiger partial charge is 0.418 e. The molecule has 1 amide bonds. The first kappa shape index (κ1) is 13.5. The molecule has 0 aliphatic carbocycles. The van der Waals surface area contributed by atoms with Gasteiger partial charge in [0.05, 0.1) is 17.8 Å². The van der Waals surface area contributed by atoms with Gasteiger partial charge in [0.1, 0.15) is 0 Å². The average Bonchev–Trinajstić information content (AvgIpc) is 2.15. The van der Waals surface area contributed by atoms with E-state index in [4.69, 9.17) is 0 Å². The Balaban J connectivity index is 2.88. The third-order valence-electron chi connectivity index (χ3n) is 1.97. The fourth-order valence-corrected chi connectivity index (χ4v) is 1.32. The molecule has 1 aromatic rings. The Morgan fingerprint density at radius 3 is 2.41 bits per heavy atom. The summed E-state index contributed by atoms with van der Waals surface area (Å²) in [6.45, 7) is 0.0339. The second-order valence-electron chi connectivity index (χ2n) is 3.83. The van der Waals surface area contributed by atoms with Crippen LogP contribution < -0.4 is 5.32 Å². The Morgan fingerprint density at radius 1 is 1.29 bits per heavy atom. The van der Waals surface area contributed by atoms with Crippen molar-refractivity contribution in [2.75, 3.05) is 26.0 Å². The van der Waals surface area contributed by atoms with Crippen molar-refractivity contribution in [3.63, 3.8) is 0 Å². The third-order valence-corrected chi connectivity index (χ3v) is 1.97. The number of carbonyl (C=O) groups is 1. The van der Waals surface area contributed by atoms with Crippen molar-refractivity contribution in [2.24, 2.45) is 0 Å². The Hall–Kier alpha value is -1.56. The van der Waals surface area contributed by atoms with E-state index in [-0.39, 0.29) is 12.2 Å². The predicted octanol–water partition coefficient (Wildman–Crippen LogP) is 2.21. The lowest BCUT2D eigenvalue weighted by atomic mass is 10.1. The van der Waals surface area contributed by atoms with Crippen molar-refractivity contribution in [1.29, 1.82) is 0 Å². The lowest BCUT2D eigenvalue weighted by Gasteiger charge is -2.14. The number of nitrogens with zero attached hydrogens (tertiary/aromatic N) is 1. The minimum absolute atomic E-state index is 0.0339. The molecule has 0 aromatic heterocycles. The predicted molar refractivity (Wildman–Crippen MR) is 58.6 cm³/mol. The topological polar surface area (TPSA) is 32.3 Å². The molecule has 1 N–H and O–H groups in total. The Labute approximate surface area is 97.2 Å². The van der Waals surface area contributed by atoms with E-state index in [1.54, 1.807) is 19.0 Å². The van der Waals surface area contributed by atoms with Crippen LogP contribution in [0.25, 0.3) is 0 Å². The van der Waals surface area contributed by atoms with Crippen LogP contribution in [0.1, 0.15) is 5.56 Å². The summed E-state index contributed by atoms with van der Waals surface area (Å²) in [7, 11) is 3.32. The van der Waals surface area contributed by atoms with Crippen LogP contribution in [-0.2, 0) is 11.0 Å². The second kappa shape index (κ2) is 5.18. The van der Waals surface area contributed by atoms with E-state index in [0.717, 1.165) is 6.07 Å². The monoisotopic (exact) mass is 246 g/mol. The van der Waals surface area contributed by atoms with Crippen LogP contribution >= 0.6 is 0 Å². The number of halogens is 3. The van der Waals surface area contributed by atoms with Gasteiger partial charge in [0.15, 0.2) is 0 Å². The van der Waals surface area contributed by atoms with E-state index < -0.39 is 17.6 Å². The summed E-state index contributed by atoms with van der Waals surface area (Å²) in [5, 5.41) is 2.25. The highest BCUT2D eigenvalue weighted by Gasteiger charge is 2.33. The molecule has 3 nitrogen and oxygen atoms in total. The highest BCUT2D eigenvalue weighted by Crippen LogP contribution is 2.34. The smallest absolute Gasteiger partial charge is 0.324 e. The van der Waals surface area contributed by atoms with Crippen molar-refractivity contribution in [3.8, 4) is 0 Å². The van der Waals surface area contributed by atoms with Gasteiger partial charge in [-0.2, -0.15) is 13.2 Å². The zero-order chi connectivity index (χ0) is 13.1. The van der Waals surface area contributed by atoms with Gasteiger partial charge < -0.3 is 10.2 Å². The number of anilines is 1. The first-order valence-electron chi connectivity index (χ1n) is 4.91. The third kappa shape index (κ3) is 4.07. The lowest BCUT2D eigenvalue weighted by molar-refractivity contribution is -0.137. The summed E-state index contributed by atoms with van der Waals surface area (Å²) >= 11 is 0. The summed E-state index contributed by atoms with van der Waals surface area (Å²) in [5.74, 6) is -0.480. The summed E-state index contributed by atoms with van der Waals surface area (Å²) in [5.41, 5.74) is -1.06. The molecule has 0 radical (unpaired) electrons. The highest BCUT2D eigenvalue weighted by atomic mass is 19.4. The van der Waals surface area contributed by atoms with Crippen molar-refractivity contribution < 1.29 is 18.0 Å².